The van der Waals surface area contributed by atoms with Gasteiger partial charge < -0.3 is 0 Å². The predicted octanol–water partition coefficient (Wildman–Crippen LogP) is 2.94. The van der Waals surface area contributed by atoms with E-state index in [0.29, 0.717) is 0 Å². The van der Waals surface area contributed by atoms with Crippen LogP contribution in [-0.2, 0) is 0 Å². The van der Waals surface area contributed by atoms with Crippen LogP contribution >= 0.6 is 23.4 Å². The third-order valence-electron chi connectivity index (χ3n) is 1.68. The Kier molecular flexibility index (Phi) is 1.98. The van der Waals surface area contributed by atoms with Crippen LogP contribution in [0.5, 0.6) is 0 Å². The molecule has 2 nitrogen and oxygen atoms in total. The minimum Gasteiger partial charge on any atom is -0.277 e. The average Bonchev–Trinajstić information content (AvgIpc) is 2.46. The Hall–Kier alpha value is -0.670. The Morgan fingerprint density at radius 2 is 2.33 bits per heavy atom. The summed E-state index contributed by atoms with van der Waals surface area (Å²) in [6, 6.07) is 5.71. The van der Waals surface area contributed by atoms with E-state index in [4.69, 9.17) is 11.6 Å². The fourth-order valence-corrected chi connectivity index (χ4v) is 1.82. The van der Waals surface area contributed by atoms with Crippen molar-refractivity contribution in [3.8, 4) is 0 Å². The van der Waals surface area contributed by atoms with Crippen molar-refractivity contribution in [2.24, 2.45) is 0 Å². The number of rotatable bonds is 1. The van der Waals surface area contributed by atoms with E-state index in [1.54, 1.807) is 11.8 Å². The van der Waals surface area contributed by atoms with Gasteiger partial charge in [-0.05, 0) is 24.5 Å². The second-order valence-corrected chi connectivity index (χ2v) is 3.65. The van der Waals surface area contributed by atoms with Gasteiger partial charge in [0.05, 0.1) is 5.52 Å². The summed E-state index contributed by atoms with van der Waals surface area (Å²) < 4.78 is 0. The van der Waals surface area contributed by atoms with Gasteiger partial charge in [0, 0.05) is 10.4 Å². The number of H-pyrrole nitrogens is 1. The summed E-state index contributed by atoms with van der Waals surface area (Å²) in [5.74, 6) is 0. The van der Waals surface area contributed by atoms with Crippen molar-refractivity contribution in [2.45, 2.75) is 5.03 Å². The van der Waals surface area contributed by atoms with Gasteiger partial charge in [-0.2, -0.15) is 5.10 Å². The van der Waals surface area contributed by atoms with E-state index in [1.807, 2.05) is 24.5 Å². The minimum absolute atomic E-state index is 0.749. The van der Waals surface area contributed by atoms with Crippen molar-refractivity contribution < 1.29 is 0 Å². The Morgan fingerprint density at radius 1 is 1.50 bits per heavy atom. The highest BCUT2D eigenvalue weighted by atomic mass is 35.5. The maximum absolute atomic E-state index is 5.85. The van der Waals surface area contributed by atoms with Crippen molar-refractivity contribution in [1.82, 2.24) is 10.2 Å². The van der Waals surface area contributed by atoms with E-state index < -0.39 is 0 Å². The number of thioether (sulfide) groups is 1. The lowest BCUT2D eigenvalue weighted by molar-refractivity contribution is 1.03. The zero-order chi connectivity index (χ0) is 8.55. The summed E-state index contributed by atoms with van der Waals surface area (Å²) in [6.07, 6.45) is 2.00. The number of nitrogens with one attached hydrogen (secondary N) is 1. The van der Waals surface area contributed by atoms with Crippen LogP contribution in [0, 0.1) is 0 Å². The first kappa shape index (κ1) is 7.95. The number of aromatic nitrogens is 2. The van der Waals surface area contributed by atoms with Gasteiger partial charge in [0.15, 0.2) is 0 Å². The minimum atomic E-state index is 0.749. The van der Waals surface area contributed by atoms with Gasteiger partial charge in [-0.25, -0.2) is 0 Å². The fraction of sp³-hybridized carbons (Fsp3) is 0.125. The van der Waals surface area contributed by atoms with Gasteiger partial charge in [0.1, 0.15) is 5.03 Å². The SMILES string of the molecule is CSc1n[nH]c2ccc(Cl)cc12. The highest BCUT2D eigenvalue weighted by Crippen LogP contribution is 2.25. The summed E-state index contributed by atoms with van der Waals surface area (Å²) in [4.78, 5) is 0. The van der Waals surface area contributed by atoms with Crippen LogP contribution in [-0.4, -0.2) is 16.5 Å². The molecule has 0 bridgehead atoms. The quantitative estimate of drug-likeness (QED) is 0.714. The van der Waals surface area contributed by atoms with Gasteiger partial charge >= 0.3 is 0 Å². The molecule has 2 rings (SSSR count). The molecule has 0 aliphatic heterocycles. The topological polar surface area (TPSA) is 28.7 Å². The summed E-state index contributed by atoms with van der Waals surface area (Å²) in [6.45, 7) is 0. The van der Waals surface area contributed by atoms with E-state index >= 15 is 0 Å². The normalized spacial score (nSPS) is 10.8. The van der Waals surface area contributed by atoms with E-state index in [0.717, 1.165) is 21.0 Å². The molecule has 0 saturated carbocycles. The lowest BCUT2D eigenvalue weighted by Gasteiger charge is -1.91. The largest absolute Gasteiger partial charge is 0.277 e. The smallest absolute Gasteiger partial charge is 0.126 e. The molecule has 0 aliphatic carbocycles. The first-order valence-corrected chi connectivity index (χ1v) is 5.09. The summed E-state index contributed by atoms with van der Waals surface area (Å²) in [5, 5.41) is 9.91. The van der Waals surface area contributed by atoms with Crippen molar-refractivity contribution >= 4 is 34.3 Å². The molecule has 4 heteroatoms. The number of hydrogen-bond donors (Lipinski definition) is 1. The molecule has 0 spiro atoms. The van der Waals surface area contributed by atoms with Crippen LogP contribution in [0.2, 0.25) is 5.02 Å². The molecule has 62 valence electrons. The van der Waals surface area contributed by atoms with E-state index in [2.05, 4.69) is 10.2 Å². The molecule has 0 amide bonds. The standard InChI is InChI=1S/C8H7ClN2S/c1-12-8-6-4-5(9)2-3-7(6)10-11-8/h2-4H,1H3,(H,10,11). The molecule has 0 radical (unpaired) electrons. The second kappa shape index (κ2) is 2.99. The zero-order valence-corrected chi connectivity index (χ0v) is 8.04. The second-order valence-electron chi connectivity index (χ2n) is 2.42. The molecule has 0 saturated heterocycles. The molecule has 2 aromatic rings. The lowest BCUT2D eigenvalue weighted by atomic mass is 10.3. The maximum Gasteiger partial charge on any atom is 0.126 e. The van der Waals surface area contributed by atoms with Gasteiger partial charge in [-0.15, -0.1) is 11.8 Å². The number of aromatic amines is 1. The van der Waals surface area contributed by atoms with Crippen molar-refractivity contribution in [3.05, 3.63) is 23.2 Å². The number of benzene rings is 1. The Morgan fingerprint density at radius 3 is 3.08 bits per heavy atom. The lowest BCUT2D eigenvalue weighted by Crippen LogP contribution is -1.68. The van der Waals surface area contributed by atoms with Gasteiger partial charge in [0.25, 0.3) is 0 Å². The molecule has 0 unspecified atom stereocenters. The molecule has 1 N–H and O–H groups in total. The number of hydrogen-bond acceptors (Lipinski definition) is 2. The Balaban J connectivity index is 2.75. The molecule has 12 heavy (non-hydrogen) atoms. The molecule has 0 aliphatic rings. The number of fused-ring (bicyclic) bond motifs is 1. The first-order valence-electron chi connectivity index (χ1n) is 3.49. The predicted molar refractivity (Wildman–Crippen MR) is 52.9 cm³/mol. The van der Waals surface area contributed by atoms with Crippen molar-refractivity contribution in [2.75, 3.05) is 6.26 Å². The van der Waals surface area contributed by atoms with E-state index in [-0.39, 0.29) is 0 Å². The highest BCUT2D eigenvalue weighted by Gasteiger charge is 2.03. The molecule has 1 aromatic heterocycles. The third kappa shape index (κ3) is 1.19. The third-order valence-corrected chi connectivity index (χ3v) is 2.62. The van der Waals surface area contributed by atoms with Crippen LogP contribution < -0.4 is 0 Å². The fourth-order valence-electron chi connectivity index (χ4n) is 1.12. The monoisotopic (exact) mass is 198 g/mol. The number of halogens is 1. The summed E-state index contributed by atoms with van der Waals surface area (Å²) in [5.41, 5.74) is 1.03. The molecule has 1 aromatic carbocycles. The van der Waals surface area contributed by atoms with Crippen LogP contribution in [0.3, 0.4) is 0 Å². The Bertz CT molecular complexity index is 410. The molecule has 0 fully saturated rings. The molecule has 1 heterocycles. The molecular formula is C8H7ClN2S. The van der Waals surface area contributed by atoms with Gasteiger partial charge in [-0.3, -0.25) is 5.10 Å². The highest BCUT2D eigenvalue weighted by molar-refractivity contribution is 7.98. The summed E-state index contributed by atoms with van der Waals surface area (Å²) >= 11 is 7.47. The van der Waals surface area contributed by atoms with Crippen LogP contribution in [0.25, 0.3) is 10.9 Å². The summed E-state index contributed by atoms with van der Waals surface area (Å²) in [7, 11) is 0. The van der Waals surface area contributed by atoms with Crippen LogP contribution in [0.4, 0.5) is 0 Å². The van der Waals surface area contributed by atoms with E-state index in [1.165, 1.54) is 0 Å². The zero-order valence-electron chi connectivity index (χ0n) is 6.47. The maximum atomic E-state index is 5.85. The van der Waals surface area contributed by atoms with Gasteiger partial charge in [-0.1, -0.05) is 11.6 Å². The Labute approximate surface area is 79.3 Å². The molecular weight excluding hydrogens is 192 g/mol. The van der Waals surface area contributed by atoms with Crippen molar-refractivity contribution in [3.63, 3.8) is 0 Å². The van der Waals surface area contributed by atoms with Crippen molar-refractivity contribution in [1.29, 1.82) is 0 Å². The molecule has 0 atom stereocenters. The van der Waals surface area contributed by atoms with Gasteiger partial charge in [0.2, 0.25) is 0 Å². The van der Waals surface area contributed by atoms with Crippen LogP contribution in [0.1, 0.15) is 0 Å². The number of nitrogens with zero attached hydrogens (tertiary/aromatic N) is 1. The first-order chi connectivity index (χ1) is 5.81. The van der Waals surface area contributed by atoms with E-state index in [9.17, 15) is 0 Å². The average molecular weight is 199 g/mol. The van der Waals surface area contributed by atoms with Crippen LogP contribution in [0.15, 0.2) is 23.2 Å².